The van der Waals surface area contributed by atoms with Crippen LogP contribution in [0, 0.1) is 5.92 Å². The van der Waals surface area contributed by atoms with Gasteiger partial charge in [-0.2, -0.15) is 0 Å². The first kappa shape index (κ1) is 15.6. The van der Waals surface area contributed by atoms with E-state index in [0.717, 1.165) is 0 Å². The highest BCUT2D eigenvalue weighted by molar-refractivity contribution is 7.91. The fourth-order valence-electron chi connectivity index (χ4n) is 2.27. The smallest absolute Gasteiger partial charge is 0.340 e. The van der Waals surface area contributed by atoms with Crippen molar-refractivity contribution in [1.29, 1.82) is 0 Å². The second-order valence-electron chi connectivity index (χ2n) is 4.99. The van der Waals surface area contributed by atoms with E-state index in [2.05, 4.69) is 10.3 Å². The van der Waals surface area contributed by atoms with Crippen LogP contribution in [0.4, 0.5) is 11.5 Å². The number of nitrogens with two attached hydrogens (primary N) is 1. The molecule has 2 heterocycles. The van der Waals surface area contributed by atoms with Gasteiger partial charge in [-0.3, -0.25) is 0 Å². The maximum absolute atomic E-state index is 11.7. The predicted octanol–water partition coefficient (Wildman–Crippen LogP) is 0.687. The number of hydrogen-bond donors (Lipinski definition) is 2. The summed E-state index contributed by atoms with van der Waals surface area (Å²) in [5.74, 6) is 0.332. The summed E-state index contributed by atoms with van der Waals surface area (Å²) in [4.78, 5) is 15.8. The Bertz CT molecular complexity index is 630. The van der Waals surface area contributed by atoms with Crippen molar-refractivity contribution in [3.8, 4) is 0 Å². The van der Waals surface area contributed by atoms with E-state index < -0.39 is 15.8 Å². The van der Waals surface area contributed by atoms with Crippen molar-refractivity contribution in [2.75, 3.05) is 35.7 Å². The molecule has 0 bridgehead atoms. The van der Waals surface area contributed by atoms with Crippen LogP contribution in [0.3, 0.4) is 0 Å². The van der Waals surface area contributed by atoms with Gasteiger partial charge in [0.05, 0.1) is 29.4 Å². The highest BCUT2D eigenvalue weighted by Gasteiger charge is 2.27. The van der Waals surface area contributed by atoms with Gasteiger partial charge in [-0.25, -0.2) is 18.2 Å². The average Bonchev–Trinajstić information content (AvgIpc) is 2.77. The van der Waals surface area contributed by atoms with Crippen LogP contribution in [0.1, 0.15) is 23.7 Å². The maximum Gasteiger partial charge on any atom is 0.340 e. The number of hydrogen-bond acceptors (Lipinski definition) is 7. The molecular weight excluding hydrogens is 294 g/mol. The summed E-state index contributed by atoms with van der Waals surface area (Å²) in [5.41, 5.74) is 6.39. The number of sulfone groups is 1. The van der Waals surface area contributed by atoms with Crippen LogP contribution in [0.5, 0.6) is 0 Å². The number of ether oxygens (including phenoxy) is 1. The van der Waals surface area contributed by atoms with Gasteiger partial charge in [0.25, 0.3) is 0 Å². The third kappa shape index (κ3) is 3.84. The number of pyridine rings is 1. The quantitative estimate of drug-likeness (QED) is 0.769. The van der Waals surface area contributed by atoms with E-state index in [1.54, 1.807) is 6.92 Å². The molecule has 1 aromatic heterocycles. The van der Waals surface area contributed by atoms with E-state index in [-0.39, 0.29) is 35.3 Å². The summed E-state index contributed by atoms with van der Waals surface area (Å²) in [7, 11) is -2.90. The number of nitrogen functional groups attached to an aromatic ring is 1. The fourth-order valence-corrected chi connectivity index (χ4v) is 4.14. The third-order valence-electron chi connectivity index (χ3n) is 3.37. The summed E-state index contributed by atoms with van der Waals surface area (Å²) in [5, 5.41) is 3.02. The molecule has 21 heavy (non-hydrogen) atoms. The normalized spacial score (nSPS) is 20.1. The Morgan fingerprint density at radius 1 is 1.57 bits per heavy atom. The number of carbonyl (C=O) groups excluding carboxylic acids is 1. The van der Waals surface area contributed by atoms with E-state index in [4.69, 9.17) is 10.5 Å². The van der Waals surface area contributed by atoms with Gasteiger partial charge < -0.3 is 15.8 Å². The Kier molecular flexibility index (Phi) is 4.66. The number of aromatic nitrogens is 1. The fraction of sp³-hybridized carbons (Fsp3) is 0.538. The first-order valence-corrected chi connectivity index (χ1v) is 8.61. The lowest BCUT2D eigenvalue weighted by molar-refractivity contribution is 0.0527. The molecule has 8 heteroatoms. The van der Waals surface area contributed by atoms with Crippen molar-refractivity contribution in [3.05, 3.63) is 17.8 Å². The molecule has 1 atom stereocenters. The molecule has 116 valence electrons. The second-order valence-corrected chi connectivity index (χ2v) is 7.22. The minimum Gasteiger partial charge on any atom is -0.462 e. The van der Waals surface area contributed by atoms with Gasteiger partial charge in [0, 0.05) is 12.7 Å². The molecule has 0 aromatic carbocycles. The number of anilines is 2. The lowest BCUT2D eigenvalue weighted by atomic mass is 10.1. The van der Waals surface area contributed by atoms with Gasteiger partial charge in [0.2, 0.25) is 0 Å². The summed E-state index contributed by atoms with van der Waals surface area (Å²) in [6.45, 7) is 2.45. The van der Waals surface area contributed by atoms with Crippen LogP contribution in [0.15, 0.2) is 12.3 Å². The van der Waals surface area contributed by atoms with Crippen molar-refractivity contribution in [3.63, 3.8) is 0 Å². The summed E-state index contributed by atoms with van der Waals surface area (Å²) >= 11 is 0. The number of nitrogens with zero attached hydrogens (tertiary/aromatic N) is 1. The van der Waals surface area contributed by atoms with Crippen LogP contribution < -0.4 is 11.1 Å². The van der Waals surface area contributed by atoms with Gasteiger partial charge in [-0.1, -0.05) is 0 Å². The monoisotopic (exact) mass is 313 g/mol. The predicted molar refractivity (Wildman–Crippen MR) is 79.9 cm³/mol. The van der Waals surface area contributed by atoms with Crippen molar-refractivity contribution in [2.45, 2.75) is 13.3 Å². The number of rotatable bonds is 5. The van der Waals surface area contributed by atoms with E-state index in [1.165, 1.54) is 12.3 Å². The first-order valence-electron chi connectivity index (χ1n) is 6.79. The Morgan fingerprint density at radius 2 is 2.33 bits per heavy atom. The zero-order valence-electron chi connectivity index (χ0n) is 11.8. The largest absolute Gasteiger partial charge is 0.462 e. The third-order valence-corrected chi connectivity index (χ3v) is 5.21. The molecule has 1 aromatic rings. The van der Waals surface area contributed by atoms with Crippen LogP contribution in [0.2, 0.25) is 0 Å². The minimum absolute atomic E-state index is 0.0439. The molecule has 1 fully saturated rings. The summed E-state index contributed by atoms with van der Waals surface area (Å²) in [6, 6.07) is 1.50. The Labute approximate surface area is 123 Å². The van der Waals surface area contributed by atoms with E-state index in [0.29, 0.717) is 18.8 Å². The molecule has 0 radical (unpaired) electrons. The molecule has 0 aliphatic carbocycles. The SMILES string of the molecule is CCOC(=O)c1ccnc(NCC2CCS(=O)(=O)C2)c1N. The summed E-state index contributed by atoms with van der Waals surface area (Å²) in [6.07, 6.45) is 2.10. The van der Waals surface area contributed by atoms with Gasteiger partial charge in [0.1, 0.15) is 5.82 Å². The number of carbonyl (C=O) groups is 1. The highest BCUT2D eigenvalue weighted by atomic mass is 32.2. The van der Waals surface area contributed by atoms with Gasteiger partial charge in [0.15, 0.2) is 9.84 Å². The van der Waals surface area contributed by atoms with Crippen LogP contribution in [-0.4, -0.2) is 44.0 Å². The second kappa shape index (κ2) is 6.30. The molecule has 1 aliphatic rings. The molecule has 0 amide bonds. The minimum atomic E-state index is -2.90. The Hall–Kier alpha value is -1.83. The van der Waals surface area contributed by atoms with E-state index in [9.17, 15) is 13.2 Å². The van der Waals surface area contributed by atoms with Crippen LogP contribution in [-0.2, 0) is 14.6 Å². The molecular formula is C13H19N3O4S. The zero-order valence-corrected chi connectivity index (χ0v) is 12.6. The van der Waals surface area contributed by atoms with Gasteiger partial charge in [-0.05, 0) is 25.3 Å². The average molecular weight is 313 g/mol. The standard InChI is InChI=1S/C13H19N3O4S/c1-2-20-13(17)10-3-5-15-12(11(10)14)16-7-9-4-6-21(18,19)8-9/h3,5,9H,2,4,6-8,14H2,1H3,(H,15,16). The molecule has 7 nitrogen and oxygen atoms in total. The van der Waals surface area contributed by atoms with E-state index >= 15 is 0 Å². The topological polar surface area (TPSA) is 111 Å². The molecule has 1 saturated heterocycles. The van der Waals surface area contributed by atoms with Crippen LogP contribution in [0.25, 0.3) is 0 Å². The Morgan fingerprint density at radius 3 is 2.95 bits per heavy atom. The molecule has 3 N–H and O–H groups in total. The number of nitrogens with one attached hydrogen (secondary N) is 1. The van der Waals surface area contributed by atoms with Crippen molar-refractivity contribution in [2.24, 2.45) is 5.92 Å². The van der Waals surface area contributed by atoms with Crippen molar-refractivity contribution in [1.82, 2.24) is 4.98 Å². The highest BCUT2D eigenvalue weighted by Crippen LogP contribution is 2.23. The molecule has 1 aliphatic heterocycles. The van der Waals surface area contributed by atoms with Crippen molar-refractivity contribution >= 4 is 27.3 Å². The van der Waals surface area contributed by atoms with Crippen molar-refractivity contribution < 1.29 is 17.9 Å². The lowest BCUT2D eigenvalue weighted by Crippen LogP contribution is -2.18. The Balaban J connectivity index is 2.04. The molecule has 0 spiro atoms. The number of esters is 1. The molecule has 1 unspecified atom stereocenters. The molecule has 0 saturated carbocycles. The van der Waals surface area contributed by atoms with E-state index in [1.807, 2.05) is 0 Å². The van der Waals surface area contributed by atoms with Crippen LogP contribution >= 0.6 is 0 Å². The summed E-state index contributed by atoms with van der Waals surface area (Å²) < 4.78 is 27.7. The lowest BCUT2D eigenvalue weighted by Gasteiger charge is -2.13. The maximum atomic E-state index is 11.7. The van der Waals surface area contributed by atoms with Gasteiger partial charge in [-0.15, -0.1) is 0 Å². The van der Waals surface area contributed by atoms with Gasteiger partial charge >= 0.3 is 5.97 Å². The molecule has 2 rings (SSSR count). The zero-order chi connectivity index (χ0) is 15.5. The first-order chi connectivity index (χ1) is 9.93.